The van der Waals surface area contributed by atoms with Crippen LogP contribution in [-0.4, -0.2) is 52.1 Å². The van der Waals surface area contributed by atoms with Gasteiger partial charge in [-0.05, 0) is 19.3 Å². The summed E-state index contributed by atoms with van der Waals surface area (Å²) >= 11 is 2.00. The summed E-state index contributed by atoms with van der Waals surface area (Å²) in [6.07, 6.45) is 3.69. The van der Waals surface area contributed by atoms with Crippen LogP contribution in [0.15, 0.2) is 0 Å². The van der Waals surface area contributed by atoms with E-state index in [-0.39, 0.29) is 0 Å². The van der Waals surface area contributed by atoms with Crippen molar-refractivity contribution in [1.29, 1.82) is 0 Å². The Morgan fingerprint density at radius 2 is 1.76 bits per heavy atom. The predicted molar refractivity (Wildman–Crippen MR) is 87.8 cm³/mol. The molecule has 3 rings (SSSR count). The van der Waals surface area contributed by atoms with E-state index in [1.807, 2.05) is 11.8 Å². The van der Waals surface area contributed by atoms with Crippen LogP contribution in [0.1, 0.15) is 26.2 Å². The molecule has 8 heteroatoms. The van der Waals surface area contributed by atoms with Crippen LogP contribution in [0.3, 0.4) is 0 Å². The van der Waals surface area contributed by atoms with Crippen LogP contribution in [-0.2, 0) is 0 Å². The zero-order chi connectivity index (χ0) is 14.7. The highest BCUT2D eigenvalue weighted by atomic mass is 32.2. The lowest BCUT2D eigenvalue weighted by Crippen LogP contribution is -2.39. The molecule has 0 bridgehead atoms. The second kappa shape index (κ2) is 6.65. The zero-order valence-corrected chi connectivity index (χ0v) is 13.3. The largest absolute Gasteiger partial charge is 0.341 e. The van der Waals surface area contributed by atoms with Crippen LogP contribution in [0.5, 0.6) is 0 Å². The Morgan fingerprint density at radius 3 is 2.43 bits per heavy atom. The van der Waals surface area contributed by atoms with Gasteiger partial charge in [-0.2, -0.15) is 26.7 Å². The van der Waals surface area contributed by atoms with Gasteiger partial charge in [0.1, 0.15) is 0 Å². The van der Waals surface area contributed by atoms with Crippen molar-refractivity contribution in [3.63, 3.8) is 0 Å². The topological polar surface area (TPSA) is 83.2 Å². The molecule has 2 aliphatic heterocycles. The molecule has 2 saturated heterocycles. The van der Waals surface area contributed by atoms with Crippen molar-refractivity contribution in [2.75, 3.05) is 47.2 Å². The molecular weight excluding hydrogens is 286 g/mol. The third-order valence-electron chi connectivity index (χ3n) is 3.90. The van der Waals surface area contributed by atoms with Crippen molar-refractivity contribution in [2.45, 2.75) is 31.4 Å². The molecule has 0 radical (unpaired) electrons. The average molecular weight is 309 g/mol. The maximum atomic E-state index is 5.53. The number of hydrazine groups is 1. The van der Waals surface area contributed by atoms with Gasteiger partial charge in [0.15, 0.2) is 0 Å². The standard InChI is InChI=1S/C13H23N7S/c1-10-9-20(7-8-21-10)13-16-11(18-14)15-12(17-13)19-5-3-2-4-6-19/h10H,2-9,14H2,1H3,(H,15,16,17,18). The first-order chi connectivity index (χ1) is 10.3. The summed E-state index contributed by atoms with van der Waals surface area (Å²) in [5.74, 6) is 8.58. The molecule has 7 nitrogen and oxygen atoms in total. The van der Waals surface area contributed by atoms with Gasteiger partial charge < -0.3 is 9.80 Å². The number of rotatable bonds is 3. The van der Waals surface area contributed by atoms with Crippen LogP contribution in [0, 0.1) is 0 Å². The summed E-state index contributed by atoms with van der Waals surface area (Å²) in [6.45, 7) is 6.21. The van der Waals surface area contributed by atoms with E-state index in [1.54, 1.807) is 0 Å². The molecule has 0 spiro atoms. The second-order valence-electron chi connectivity index (χ2n) is 5.58. The Morgan fingerprint density at radius 1 is 1.05 bits per heavy atom. The summed E-state index contributed by atoms with van der Waals surface area (Å²) < 4.78 is 0. The predicted octanol–water partition coefficient (Wildman–Crippen LogP) is 1.09. The summed E-state index contributed by atoms with van der Waals surface area (Å²) in [5, 5.41) is 0.600. The molecule has 1 unspecified atom stereocenters. The van der Waals surface area contributed by atoms with Crippen LogP contribution < -0.4 is 21.1 Å². The third-order valence-corrected chi connectivity index (χ3v) is 5.04. The maximum Gasteiger partial charge on any atom is 0.243 e. The minimum atomic E-state index is 0.450. The van der Waals surface area contributed by atoms with E-state index in [9.17, 15) is 0 Å². The maximum absolute atomic E-state index is 5.53. The number of piperidine rings is 1. The highest BCUT2D eigenvalue weighted by Crippen LogP contribution is 2.24. The highest BCUT2D eigenvalue weighted by molar-refractivity contribution is 8.00. The van der Waals surface area contributed by atoms with Crippen LogP contribution in [0.2, 0.25) is 0 Å². The summed E-state index contributed by atoms with van der Waals surface area (Å²) in [4.78, 5) is 18.0. The van der Waals surface area contributed by atoms with Gasteiger partial charge in [0.2, 0.25) is 17.8 Å². The molecule has 0 aromatic carbocycles. The molecule has 1 aromatic heterocycles. The van der Waals surface area contributed by atoms with E-state index >= 15 is 0 Å². The Labute approximate surface area is 129 Å². The molecule has 2 aliphatic rings. The van der Waals surface area contributed by atoms with Gasteiger partial charge in [0, 0.05) is 37.2 Å². The normalized spacial score (nSPS) is 23.2. The van der Waals surface area contributed by atoms with Gasteiger partial charge >= 0.3 is 0 Å². The van der Waals surface area contributed by atoms with E-state index < -0.39 is 0 Å². The SMILES string of the molecule is CC1CN(c2nc(NN)nc(N3CCCCC3)n2)CCS1. The van der Waals surface area contributed by atoms with E-state index in [4.69, 9.17) is 5.84 Å². The number of anilines is 3. The fraction of sp³-hybridized carbons (Fsp3) is 0.769. The Balaban J connectivity index is 1.85. The van der Waals surface area contributed by atoms with Crippen LogP contribution in [0.4, 0.5) is 17.8 Å². The van der Waals surface area contributed by atoms with Crippen LogP contribution in [0.25, 0.3) is 0 Å². The fourth-order valence-corrected chi connectivity index (χ4v) is 3.81. The van der Waals surface area contributed by atoms with Gasteiger partial charge in [-0.3, -0.25) is 5.43 Å². The van der Waals surface area contributed by atoms with Crippen molar-refractivity contribution < 1.29 is 0 Å². The van der Waals surface area contributed by atoms with Crippen LogP contribution >= 0.6 is 11.8 Å². The lowest BCUT2D eigenvalue weighted by atomic mass is 10.1. The quantitative estimate of drug-likeness (QED) is 0.634. The first kappa shape index (κ1) is 14.6. The number of aromatic nitrogens is 3. The summed E-state index contributed by atoms with van der Waals surface area (Å²) in [7, 11) is 0. The molecule has 0 aliphatic carbocycles. The number of thioether (sulfide) groups is 1. The number of nitrogen functional groups attached to an aromatic ring is 1. The van der Waals surface area contributed by atoms with E-state index in [1.165, 1.54) is 19.3 Å². The molecule has 116 valence electrons. The molecule has 3 heterocycles. The smallest absolute Gasteiger partial charge is 0.243 e. The van der Waals surface area contributed by atoms with Gasteiger partial charge in [0.25, 0.3) is 0 Å². The summed E-state index contributed by atoms with van der Waals surface area (Å²) in [5.41, 5.74) is 2.58. The van der Waals surface area contributed by atoms with Gasteiger partial charge in [0.05, 0.1) is 0 Å². The van der Waals surface area contributed by atoms with Crippen molar-refractivity contribution in [1.82, 2.24) is 15.0 Å². The monoisotopic (exact) mass is 309 g/mol. The molecule has 2 fully saturated rings. The Bertz CT molecular complexity index is 478. The molecular formula is C13H23N7S. The van der Waals surface area contributed by atoms with Gasteiger partial charge in [-0.1, -0.05) is 6.92 Å². The highest BCUT2D eigenvalue weighted by Gasteiger charge is 2.22. The van der Waals surface area contributed by atoms with E-state index in [0.717, 1.165) is 43.8 Å². The van der Waals surface area contributed by atoms with Crippen molar-refractivity contribution in [2.24, 2.45) is 5.84 Å². The van der Waals surface area contributed by atoms with Crippen molar-refractivity contribution >= 4 is 29.6 Å². The second-order valence-corrected chi connectivity index (χ2v) is 7.12. The van der Waals surface area contributed by atoms with Gasteiger partial charge in [-0.25, -0.2) is 5.84 Å². The zero-order valence-electron chi connectivity index (χ0n) is 12.5. The molecule has 0 saturated carbocycles. The molecule has 0 amide bonds. The van der Waals surface area contributed by atoms with E-state index in [0.29, 0.717) is 11.2 Å². The number of hydrogen-bond donors (Lipinski definition) is 2. The molecule has 21 heavy (non-hydrogen) atoms. The minimum absolute atomic E-state index is 0.450. The lowest BCUT2D eigenvalue weighted by Gasteiger charge is -2.32. The fourth-order valence-electron chi connectivity index (χ4n) is 2.80. The Kier molecular flexibility index (Phi) is 4.64. The van der Waals surface area contributed by atoms with Crippen molar-refractivity contribution in [3.8, 4) is 0 Å². The van der Waals surface area contributed by atoms with Crippen molar-refractivity contribution in [3.05, 3.63) is 0 Å². The number of nitrogens with two attached hydrogens (primary N) is 1. The first-order valence-corrected chi connectivity index (χ1v) is 8.65. The Hall–Kier alpha value is -1.28. The number of hydrogen-bond acceptors (Lipinski definition) is 8. The average Bonchev–Trinajstić information content (AvgIpc) is 2.55. The number of nitrogens with one attached hydrogen (secondary N) is 1. The van der Waals surface area contributed by atoms with E-state index in [2.05, 4.69) is 37.1 Å². The summed E-state index contributed by atoms with van der Waals surface area (Å²) in [6, 6.07) is 0. The third kappa shape index (κ3) is 3.49. The first-order valence-electron chi connectivity index (χ1n) is 7.60. The minimum Gasteiger partial charge on any atom is -0.341 e. The van der Waals surface area contributed by atoms with Gasteiger partial charge in [-0.15, -0.1) is 0 Å². The lowest BCUT2D eigenvalue weighted by molar-refractivity contribution is 0.567. The number of nitrogens with zero attached hydrogens (tertiary/aromatic N) is 5. The molecule has 1 atom stereocenters. The molecule has 1 aromatic rings. The molecule has 3 N–H and O–H groups in total.